The molecule has 0 atom stereocenters. The first-order valence-electron chi connectivity index (χ1n) is 5.65. The lowest BCUT2D eigenvalue weighted by atomic mass is 10.1. The van der Waals surface area contributed by atoms with Crippen LogP contribution in [0.3, 0.4) is 0 Å². The van der Waals surface area contributed by atoms with Crippen LogP contribution in [0.25, 0.3) is 21.9 Å². The highest BCUT2D eigenvalue weighted by molar-refractivity contribution is 9.11. The second kappa shape index (κ2) is 4.46. The molecule has 3 aromatic heterocycles. The Morgan fingerprint density at radius 3 is 3.00 bits per heavy atom. The monoisotopic (exact) mass is 347 g/mol. The molecule has 0 spiro atoms. The number of tetrazole rings is 1. The summed E-state index contributed by atoms with van der Waals surface area (Å²) >= 11 is 4.83. The minimum Gasteiger partial charge on any atom is -0.217 e. The van der Waals surface area contributed by atoms with Crippen molar-refractivity contribution in [2.24, 2.45) is 0 Å². The fourth-order valence-electron chi connectivity index (χ4n) is 1.90. The molecule has 0 fully saturated rings. The number of halogens is 1. The zero-order valence-electron chi connectivity index (χ0n) is 9.88. The average Bonchev–Trinajstić information content (AvgIpc) is 3.13. The van der Waals surface area contributed by atoms with Crippen molar-refractivity contribution >= 4 is 32.2 Å². The lowest BCUT2D eigenvalue weighted by Crippen LogP contribution is -1.95. The van der Waals surface area contributed by atoms with Gasteiger partial charge in [0.15, 0.2) is 3.92 Å². The Labute approximate surface area is 125 Å². The van der Waals surface area contributed by atoms with Crippen LogP contribution in [0.5, 0.6) is 0 Å². The Morgan fingerprint density at radius 1 is 1.25 bits per heavy atom. The van der Waals surface area contributed by atoms with Gasteiger partial charge >= 0.3 is 0 Å². The summed E-state index contributed by atoms with van der Waals surface area (Å²) in [4.78, 5) is 5.40. The summed E-state index contributed by atoms with van der Waals surface area (Å²) in [6.07, 6.45) is 3.46. The van der Waals surface area contributed by atoms with E-state index in [4.69, 9.17) is 0 Å². The van der Waals surface area contributed by atoms with E-state index in [0.29, 0.717) is 0 Å². The number of nitrogens with zero attached hydrogens (tertiary/aromatic N) is 7. The third-order valence-corrected chi connectivity index (χ3v) is 4.13. The Kier molecular flexibility index (Phi) is 2.60. The van der Waals surface area contributed by atoms with E-state index >= 15 is 0 Å². The quantitative estimate of drug-likeness (QED) is 0.555. The summed E-state index contributed by atoms with van der Waals surface area (Å²) in [5, 5.41) is 15.4. The fourth-order valence-corrected chi connectivity index (χ4v) is 3.12. The van der Waals surface area contributed by atoms with E-state index < -0.39 is 0 Å². The Morgan fingerprint density at radius 2 is 2.20 bits per heavy atom. The van der Waals surface area contributed by atoms with E-state index in [0.717, 1.165) is 25.8 Å². The highest BCUT2D eigenvalue weighted by Gasteiger charge is 2.09. The average molecular weight is 348 g/mol. The molecule has 3 heterocycles. The molecule has 4 aromatic rings. The van der Waals surface area contributed by atoms with Crippen LogP contribution in [-0.2, 0) is 0 Å². The zero-order valence-corrected chi connectivity index (χ0v) is 12.3. The van der Waals surface area contributed by atoms with Crippen LogP contribution in [0.2, 0.25) is 0 Å². The topological polar surface area (TPSA) is 73.8 Å². The molecule has 20 heavy (non-hydrogen) atoms. The summed E-state index contributed by atoms with van der Waals surface area (Å²) in [5.74, 6) is 0. The summed E-state index contributed by atoms with van der Waals surface area (Å²) in [7, 11) is 0. The van der Waals surface area contributed by atoms with E-state index in [-0.39, 0.29) is 0 Å². The number of rotatable bonds is 2. The largest absolute Gasteiger partial charge is 0.217 e. The summed E-state index contributed by atoms with van der Waals surface area (Å²) in [5.41, 5.74) is 2.75. The summed E-state index contributed by atoms with van der Waals surface area (Å²) < 4.78 is 4.18. The molecule has 0 radical (unpaired) electrons. The van der Waals surface area contributed by atoms with Gasteiger partial charge in [0.05, 0.1) is 17.6 Å². The van der Waals surface area contributed by atoms with Gasteiger partial charge in [-0.2, -0.15) is 0 Å². The number of benzene rings is 1. The van der Waals surface area contributed by atoms with Gasteiger partial charge in [-0.25, -0.2) is 14.2 Å². The van der Waals surface area contributed by atoms with E-state index in [2.05, 4.69) is 41.5 Å². The fraction of sp³-hybridized carbons (Fsp3) is 0. The van der Waals surface area contributed by atoms with Gasteiger partial charge < -0.3 is 0 Å². The van der Waals surface area contributed by atoms with Crippen molar-refractivity contribution in [3.63, 3.8) is 0 Å². The van der Waals surface area contributed by atoms with Gasteiger partial charge in [0.25, 0.3) is 0 Å². The smallest absolute Gasteiger partial charge is 0.213 e. The molecule has 0 amide bonds. The molecule has 0 bridgehead atoms. The summed E-state index contributed by atoms with van der Waals surface area (Å²) in [6.45, 7) is 0. The highest BCUT2D eigenvalue weighted by atomic mass is 79.9. The van der Waals surface area contributed by atoms with Crippen molar-refractivity contribution in [3.8, 4) is 16.9 Å². The van der Waals surface area contributed by atoms with Crippen molar-refractivity contribution in [2.45, 2.75) is 0 Å². The molecule has 0 unspecified atom stereocenters. The third kappa shape index (κ3) is 1.91. The van der Waals surface area contributed by atoms with E-state index in [9.17, 15) is 0 Å². The molecule has 1 aromatic carbocycles. The maximum absolute atomic E-state index is 4.55. The van der Waals surface area contributed by atoms with Gasteiger partial charge in [-0.05, 0) is 38.5 Å². The molecule has 98 valence electrons. The number of hydrogen-bond donors (Lipinski definition) is 0. The predicted molar refractivity (Wildman–Crippen MR) is 76.7 cm³/mol. The molecule has 9 heteroatoms. The second-order valence-corrected chi connectivity index (χ2v) is 6.25. The van der Waals surface area contributed by atoms with E-state index in [1.54, 1.807) is 15.5 Å². The van der Waals surface area contributed by atoms with Gasteiger partial charge in [0.1, 0.15) is 6.33 Å². The number of hydrogen-bond acceptors (Lipinski definition) is 6. The van der Waals surface area contributed by atoms with Crippen LogP contribution in [0.1, 0.15) is 0 Å². The number of imidazole rings is 1. The van der Waals surface area contributed by atoms with Gasteiger partial charge in [0, 0.05) is 5.56 Å². The SMILES string of the molecule is Brc1nn2cc(-c3cccc(-n4cnnn4)c3)nc2s1. The minimum absolute atomic E-state index is 0.814. The van der Waals surface area contributed by atoms with Crippen molar-refractivity contribution in [2.75, 3.05) is 0 Å². The first-order valence-corrected chi connectivity index (χ1v) is 7.26. The third-order valence-electron chi connectivity index (χ3n) is 2.77. The number of aromatic nitrogens is 7. The zero-order chi connectivity index (χ0) is 13.5. The second-order valence-electron chi connectivity index (χ2n) is 4.01. The first kappa shape index (κ1) is 11.7. The van der Waals surface area contributed by atoms with Crippen LogP contribution >= 0.6 is 27.3 Å². The van der Waals surface area contributed by atoms with Gasteiger partial charge in [-0.15, -0.1) is 10.2 Å². The molecular formula is C11H6BrN7S. The predicted octanol–water partition coefficient (Wildman–Crippen LogP) is 2.20. The normalized spacial score (nSPS) is 11.2. The van der Waals surface area contributed by atoms with Gasteiger partial charge in [-0.1, -0.05) is 23.5 Å². The molecule has 0 aliphatic heterocycles. The van der Waals surface area contributed by atoms with E-state index in [1.807, 2.05) is 30.5 Å². The van der Waals surface area contributed by atoms with Crippen LogP contribution in [-0.4, -0.2) is 34.8 Å². The van der Waals surface area contributed by atoms with Crippen LogP contribution < -0.4 is 0 Å². The van der Waals surface area contributed by atoms with Crippen LogP contribution in [0.4, 0.5) is 0 Å². The van der Waals surface area contributed by atoms with Crippen molar-refractivity contribution in [3.05, 3.63) is 40.7 Å². The molecule has 0 N–H and O–H groups in total. The summed E-state index contributed by atoms with van der Waals surface area (Å²) in [6, 6.07) is 7.86. The highest BCUT2D eigenvalue weighted by Crippen LogP contribution is 2.25. The molecule has 7 nitrogen and oxygen atoms in total. The van der Waals surface area contributed by atoms with Gasteiger partial charge in [0.2, 0.25) is 4.96 Å². The Balaban J connectivity index is 1.81. The number of fused-ring (bicyclic) bond motifs is 1. The van der Waals surface area contributed by atoms with Gasteiger partial charge in [-0.3, -0.25) is 0 Å². The molecular weight excluding hydrogens is 342 g/mol. The molecule has 0 saturated heterocycles. The van der Waals surface area contributed by atoms with Crippen molar-refractivity contribution in [1.82, 2.24) is 34.8 Å². The maximum Gasteiger partial charge on any atom is 0.213 e. The lowest BCUT2D eigenvalue weighted by molar-refractivity contribution is 0.789. The van der Waals surface area contributed by atoms with E-state index in [1.165, 1.54) is 11.3 Å². The van der Waals surface area contributed by atoms with Crippen LogP contribution in [0, 0.1) is 0 Å². The van der Waals surface area contributed by atoms with Crippen molar-refractivity contribution < 1.29 is 0 Å². The molecule has 0 saturated carbocycles. The maximum atomic E-state index is 4.55. The molecule has 0 aliphatic carbocycles. The Hall–Kier alpha value is -2.13. The van der Waals surface area contributed by atoms with Crippen LogP contribution in [0.15, 0.2) is 40.7 Å². The standard InChI is InChI=1S/C11H6BrN7S/c12-10-15-18-5-9(14-11(18)20-10)7-2-1-3-8(4-7)19-6-13-16-17-19/h1-6H. The van der Waals surface area contributed by atoms with Crippen molar-refractivity contribution in [1.29, 1.82) is 0 Å². The minimum atomic E-state index is 0.814. The lowest BCUT2D eigenvalue weighted by Gasteiger charge is -2.01. The first-order chi connectivity index (χ1) is 9.79. The Bertz CT molecular complexity index is 848. The molecule has 4 rings (SSSR count). The molecule has 0 aliphatic rings.